The molecule has 0 radical (unpaired) electrons. The topological polar surface area (TPSA) is 20.3 Å². The molecule has 0 saturated heterocycles. The van der Waals surface area contributed by atoms with E-state index in [0.717, 1.165) is 30.3 Å². The zero-order valence-corrected chi connectivity index (χ0v) is 12.1. The van der Waals surface area contributed by atoms with Crippen molar-refractivity contribution < 1.29 is 4.79 Å². The van der Waals surface area contributed by atoms with Gasteiger partial charge >= 0.3 is 0 Å². The van der Waals surface area contributed by atoms with Gasteiger partial charge in [0.15, 0.2) is 0 Å². The highest BCUT2D eigenvalue weighted by molar-refractivity contribution is 9.09. The molecule has 2 nitrogen and oxygen atoms in total. The van der Waals surface area contributed by atoms with Crippen LogP contribution < -0.4 is 0 Å². The maximum absolute atomic E-state index is 12.4. The fourth-order valence-corrected chi connectivity index (χ4v) is 2.62. The molecule has 0 heterocycles. The number of aryl methyl sites for hydroxylation is 1. The summed E-state index contributed by atoms with van der Waals surface area (Å²) in [5.41, 5.74) is 1.72. The molecule has 4 heteroatoms. The van der Waals surface area contributed by atoms with Crippen LogP contribution in [0.2, 0.25) is 5.02 Å². The van der Waals surface area contributed by atoms with Crippen molar-refractivity contribution in [1.29, 1.82) is 0 Å². The van der Waals surface area contributed by atoms with Crippen LogP contribution in [-0.4, -0.2) is 28.7 Å². The van der Waals surface area contributed by atoms with Crippen LogP contribution in [0.5, 0.6) is 0 Å². The van der Waals surface area contributed by atoms with Gasteiger partial charge in [-0.15, -0.1) is 0 Å². The number of benzene rings is 1. The molecule has 1 aromatic carbocycles. The molecule has 0 bridgehead atoms. The van der Waals surface area contributed by atoms with Crippen LogP contribution in [0.4, 0.5) is 0 Å². The van der Waals surface area contributed by atoms with Gasteiger partial charge in [-0.1, -0.05) is 27.5 Å². The lowest BCUT2D eigenvalue weighted by Gasteiger charge is -2.21. The van der Waals surface area contributed by atoms with Crippen LogP contribution in [-0.2, 0) is 0 Å². The average Bonchev–Trinajstić information content (AvgIpc) is 3.07. The van der Waals surface area contributed by atoms with E-state index in [1.165, 1.54) is 0 Å². The third kappa shape index (κ3) is 3.23. The number of amides is 1. The van der Waals surface area contributed by atoms with Crippen LogP contribution in [0, 0.1) is 6.92 Å². The first-order valence-electron chi connectivity index (χ1n) is 5.76. The minimum atomic E-state index is 0.0950. The van der Waals surface area contributed by atoms with E-state index in [-0.39, 0.29) is 5.91 Å². The first-order valence-corrected chi connectivity index (χ1v) is 7.26. The van der Waals surface area contributed by atoms with E-state index in [0.29, 0.717) is 16.6 Å². The molecule has 1 fully saturated rings. The molecule has 0 aromatic heterocycles. The fraction of sp³-hybridized carbons (Fsp3) is 0.462. The normalized spacial score (nSPS) is 14.8. The minimum Gasteiger partial charge on any atom is -0.335 e. The van der Waals surface area contributed by atoms with Crippen molar-refractivity contribution >= 4 is 33.4 Å². The average molecular weight is 317 g/mol. The largest absolute Gasteiger partial charge is 0.335 e. The Morgan fingerprint density at radius 1 is 1.47 bits per heavy atom. The van der Waals surface area contributed by atoms with Crippen LogP contribution in [0.25, 0.3) is 0 Å². The molecule has 1 aromatic rings. The van der Waals surface area contributed by atoms with Gasteiger partial charge in [0.25, 0.3) is 5.91 Å². The number of hydrogen-bond acceptors (Lipinski definition) is 1. The summed E-state index contributed by atoms with van der Waals surface area (Å²) in [4.78, 5) is 14.3. The Bertz CT molecular complexity index is 411. The Morgan fingerprint density at radius 3 is 2.71 bits per heavy atom. The maximum atomic E-state index is 12.4. The Morgan fingerprint density at radius 2 is 2.18 bits per heavy atom. The van der Waals surface area contributed by atoms with Crippen LogP contribution in [0.3, 0.4) is 0 Å². The second kappa shape index (κ2) is 5.40. The number of nitrogens with zero attached hydrogens (tertiary/aromatic N) is 1. The number of carbonyl (C=O) groups excluding carboxylic acids is 1. The summed E-state index contributed by atoms with van der Waals surface area (Å²) >= 11 is 9.39. The summed E-state index contributed by atoms with van der Waals surface area (Å²) in [6.45, 7) is 2.71. The third-order valence-electron chi connectivity index (χ3n) is 2.86. The van der Waals surface area contributed by atoms with E-state index in [4.69, 9.17) is 11.6 Å². The first kappa shape index (κ1) is 12.9. The van der Waals surface area contributed by atoms with E-state index in [9.17, 15) is 4.79 Å². The fourth-order valence-electron chi connectivity index (χ4n) is 1.95. The van der Waals surface area contributed by atoms with Gasteiger partial charge in [-0.25, -0.2) is 0 Å². The Kier molecular flexibility index (Phi) is 4.10. The van der Waals surface area contributed by atoms with Crippen LogP contribution >= 0.6 is 27.5 Å². The van der Waals surface area contributed by atoms with E-state index in [1.54, 1.807) is 6.07 Å². The van der Waals surface area contributed by atoms with Gasteiger partial charge < -0.3 is 4.90 Å². The number of carbonyl (C=O) groups is 1. The molecule has 2 rings (SSSR count). The summed E-state index contributed by atoms with van der Waals surface area (Å²) in [7, 11) is 0. The van der Waals surface area contributed by atoms with Gasteiger partial charge in [0.2, 0.25) is 0 Å². The predicted octanol–water partition coefficient (Wildman–Crippen LogP) is 3.65. The van der Waals surface area contributed by atoms with E-state index >= 15 is 0 Å². The summed E-state index contributed by atoms with van der Waals surface area (Å²) < 4.78 is 0. The number of halogens is 2. The van der Waals surface area contributed by atoms with Crippen LogP contribution in [0.15, 0.2) is 18.2 Å². The lowest BCUT2D eigenvalue weighted by atomic mass is 10.1. The molecule has 0 N–H and O–H groups in total. The van der Waals surface area contributed by atoms with Crippen molar-refractivity contribution in [3.05, 3.63) is 34.3 Å². The highest BCUT2D eigenvalue weighted by atomic mass is 79.9. The second-order valence-electron chi connectivity index (χ2n) is 4.44. The third-order valence-corrected chi connectivity index (χ3v) is 3.44. The first-order chi connectivity index (χ1) is 8.11. The molecule has 0 atom stereocenters. The van der Waals surface area contributed by atoms with Gasteiger partial charge in [-0.3, -0.25) is 4.79 Å². The molecule has 92 valence electrons. The van der Waals surface area contributed by atoms with Crippen molar-refractivity contribution in [1.82, 2.24) is 4.90 Å². The second-order valence-corrected chi connectivity index (χ2v) is 5.67. The zero-order valence-electron chi connectivity index (χ0n) is 9.75. The van der Waals surface area contributed by atoms with Gasteiger partial charge in [0.05, 0.1) is 0 Å². The number of rotatable bonds is 4. The summed E-state index contributed by atoms with van der Waals surface area (Å²) in [5, 5.41) is 1.44. The van der Waals surface area contributed by atoms with E-state index in [1.807, 2.05) is 24.0 Å². The van der Waals surface area contributed by atoms with Gasteiger partial charge in [0.1, 0.15) is 0 Å². The smallest absolute Gasteiger partial charge is 0.254 e. The molecular weight excluding hydrogens is 302 g/mol. The van der Waals surface area contributed by atoms with Crippen LogP contribution in [0.1, 0.15) is 28.8 Å². The molecule has 1 amide bonds. The zero-order chi connectivity index (χ0) is 12.4. The lowest BCUT2D eigenvalue weighted by molar-refractivity contribution is 0.0754. The standard InChI is InChI=1S/C13H15BrClNO/c1-9-6-10(8-11(15)7-9)13(17)16(5-4-14)12-2-3-12/h6-8,12H,2-5H2,1H3. The summed E-state index contributed by atoms with van der Waals surface area (Å²) in [6, 6.07) is 5.95. The lowest BCUT2D eigenvalue weighted by Crippen LogP contribution is -2.34. The highest BCUT2D eigenvalue weighted by Crippen LogP contribution is 2.28. The molecule has 0 unspecified atom stereocenters. The summed E-state index contributed by atoms with van der Waals surface area (Å²) in [5.74, 6) is 0.0950. The SMILES string of the molecule is Cc1cc(Cl)cc(C(=O)N(CCBr)C2CC2)c1. The maximum Gasteiger partial charge on any atom is 0.254 e. The Labute approximate surface area is 115 Å². The molecule has 1 aliphatic carbocycles. The van der Waals surface area contributed by atoms with Gasteiger partial charge in [-0.05, 0) is 43.5 Å². The van der Waals surface area contributed by atoms with Crippen molar-refractivity contribution in [2.24, 2.45) is 0 Å². The molecule has 0 aliphatic heterocycles. The number of hydrogen-bond donors (Lipinski definition) is 0. The highest BCUT2D eigenvalue weighted by Gasteiger charge is 2.32. The minimum absolute atomic E-state index is 0.0950. The van der Waals surface area contributed by atoms with Gasteiger partial charge in [-0.2, -0.15) is 0 Å². The van der Waals surface area contributed by atoms with Crippen molar-refractivity contribution in [2.75, 3.05) is 11.9 Å². The van der Waals surface area contributed by atoms with Crippen molar-refractivity contribution in [2.45, 2.75) is 25.8 Å². The molecule has 17 heavy (non-hydrogen) atoms. The molecule has 1 saturated carbocycles. The van der Waals surface area contributed by atoms with E-state index < -0.39 is 0 Å². The molecule has 1 aliphatic rings. The number of alkyl halides is 1. The predicted molar refractivity (Wildman–Crippen MR) is 74.0 cm³/mol. The van der Waals surface area contributed by atoms with Crippen molar-refractivity contribution in [3.63, 3.8) is 0 Å². The van der Waals surface area contributed by atoms with Crippen molar-refractivity contribution in [3.8, 4) is 0 Å². The van der Waals surface area contributed by atoms with Gasteiger partial charge in [0, 0.05) is 28.5 Å². The quantitative estimate of drug-likeness (QED) is 0.777. The summed E-state index contributed by atoms with van der Waals surface area (Å²) in [6.07, 6.45) is 2.25. The van der Waals surface area contributed by atoms with E-state index in [2.05, 4.69) is 15.9 Å². The Hall–Kier alpha value is -0.540. The monoisotopic (exact) mass is 315 g/mol. The Balaban J connectivity index is 2.21. The molecular formula is C13H15BrClNO. The molecule has 0 spiro atoms.